The molecule has 4 aromatic heterocycles. The first-order chi connectivity index (χ1) is 20.2. The van der Waals surface area contributed by atoms with E-state index < -0.39 is 23.9 Å². The topological polar surface area (TPSA) is 144 Å². The summed E-state index contributed by atoms with van der Waals surface area (Å²) in [6, 6.07) is 9.39. The number of aromatic nitrogens is 3. The number of anilines is 1. The molecule has 0 unspecified atom stereocenters. The lowest BCUT2D eigenvalue weighted by atomic mass is 10.0. The molecular weight excluding hydrogens is 572 g/mol. The van der Waals surface area contributed by atoms with Gasteiger partial charge in [0.2, 0.25) is 6.79 Å². The summed E-state index contributed by atoms with van der Waals surface area (Å²) in [5.41, 5.74) is 6.68. The van der Waals surface area contributed by atoms with Crippen LogP contribution in [0.15, 0.2) is 47.0 Å². The van der Waals surface area contributed by atoms with Gasteiger partial charge in [-0.25, -0.2) is 13.8 Å². The summed E-state index contributed by atoms with van der Waals surface area (Å²) in [5.74, 6) is 0.452. The highest BCUT2D eigenvalue weighted by Gasteiger charge is 2.27. The van der Waals surface area contributed by atoms with Crippen LogP contribution in [0.1, 0.15) is 50.7 Å². The number of hydrogen-bond acceptors (Lipinski definition) is 9. The second-order valence-corrected chi connectivity index (χ2v) is 10.3. The number of carbonyl (C=O) groups excluding carboxylic acids is 2. The van der Waals surface area contributed by atoms with Crippen molar-refractivity contribution in [2.45, 2.75) is 33.4 Å². The van der Waals surface area contributed by atoms with Gasteiger partial charge in [0.05, 0.1) is 11.4 Å². The van der Waals surface area contributed by atoms with Crippen LogP contribution in [0.5, 0.6) is 17.2 Å². The molecule has 11 nitrogen and oxygen atoms in total. The first-order valence-corrected chi connectivity index (χ1v) is 13.6. The molecule has 0 bridgehead atoms. The molecule has 0 radical (unpaired) electrons. The zero-order valence-electron chi connectivity index (χ0n) is 22.3. The number of nitrogens with zero attached hydrogens (tertiary/aromatic N) is 3. The average Bonchev–Trinajstić information content (AvgIpc) is 3.76. The van der Waals surface area contributed by atoms with Crippen LogP contribution in [-0.4, -0.2) is 33.4 Å². The van der Waals surface area contributed by atoms with E-state index in [2.05, 4.69) is 15.4 Å². The minimum atomic E-state index is -2.87. The molecule has 0 saturated heterocycles. The fourth-order valence-electron chi connectivity index (χ4n) is 4.55. The van der Waals surface area contributed by atoms with Crippen LogP contribution in [0.25, 0.3) is 21.3 Å². The van der Waals surface area contributed by atoms with Gasteiger partial charge >= 0.3 is 0 Å². The predicted molar refractivity (Wildman–Crippen MR) is 148 cm³/mol. The lowest BCUT2D eigenvalue weighted by molar-refractivity contribution is 0.0992. The van der Waals surface area contributed by atoms with Crippen LogP contribution in [0.2, 0.25) is 0 Å². The van der Waals surface area contributed by atoms with E-state index in [0.717, 1.165) is 11.3 Å². The number of benzene rings is 1. The number of thiophene rings is 1. The molecule has 6 rings (SSSR count). The number of fused-ring (bicyclic) bond motifs is 2. The van der Waals surface area contributed by atoms with Gasteiger partial charge in [0.1, 0.15) is 33.5 Å². The molecule has 5 aromatic rings. The number of nitrogens with two attached hydrogens (primary N) is 1. The van der Waals surface area contributed by atoms with Crippen molar-refractivity contribution in [3.05, 3.63) is 70.4 Å². The molecule has 0 aliphatic carbocycles. The van der Waals surface area contributed by atoms with E-state index in [-0.39, 0.29) is 34.6 Å². The van der Waals surface area contributed by atoms with Crippen molar-refractivity contribution in [3.63, 3.8) is 0 Å². The first kappa shape index (κ1) is 27.2. The molecule has 1 aliphatic rings. The number of halogens is 2. The van der Waals surface area contributed by atoms with E-state index in [1.807, 2.05) is 6.92 Å². The Hall–Kier alpha value is -4.98. The smallest absolute Gasteiger partial charge is 0.291 e. The molecule has 5 heterocycles. The molecule has 0 atom stereocenters. The van der Waals surface area contributed by atoms with Crippen molar-refractivity contribution in [1.82, 2.24) is 14.8 Å². The number of alkyl halides is 2. The number of ether oxygens (including phenoxy) is 3. The van der Waals surface area contributed by atoms with Gasteiger partial charge in [-0.2, -0.15) is 5.10 Å². The molecule has 14 heteroatoms. The maximum atomic E-state index is 13.8. The number of carbonyl (C=O) groups is 2. The number of primary amides is 1. The number of aryl methyl sites for hydroxylation is 2. The highest BCUT2D eigenvalue weighted by atomic mass is 32.1. The van der Waals surface area contributed by atoms with Crippen molar-refractivity contribution in [2.24, 2.45) is 5.73 Å². The zero-order valence-corrected chi connectivity index (χ0v) is 23.1. The van der Waals surface area contributed by atoms with Crippen LogP contribution >= 0.6 is 11.3 Å². The van der Waals surface area contributed by atoms with Crippen LogP contribution in [0, 0.1) is 6.92 Å². The summed E-state index contributed by atoms with van der Waals surface area (Å²) in [6.07, 6.45) is -1.15. The molecule has 0 saturated carbocycles. The zero-order chi connectivity index (χ0) is 29.5. The number of furan rings is 1. The molecule has 0 spiro atoms. The SMILES string of the molecule is CCn1cc(-c2cc(C(F)F)nc3sc(C(N)=O)c(NC(=O)c4ccc(COc5ccc6c(c5)OCO6)o4)c23)c(C)n1. The van der Waals surface area contributed by atoms with Gasteiger partial charge in [0.15, 0.2) is 17.3 Å². The summed E-state index contributed by atoms with van der Waals surface area (Å²) in [5, 5.41) is 7.41. The molecule has 1 aliphatic heterocycles. The van der Waals surface area contributed by atoms with Gasteiger partial charge in [0, 0.05) is 29.8 Å². The molecule has 1 aromatic carbocycles. The Morgan fingerprint density at radius 2 is 1.98 bits per heavy atom. The third-order valence-corrected chi connectivity index (χ3v) is 7.64. The second kappa shape index (κ2) is 10.8. The Kier molecular flexibility index (Phi) is 6.98. The minimum absolute atomic E-state index is 0.0199. The van der Waals surface area contributed by atoms with Crippen LogP contribution in [-0.2, 0) is 13.2 Å². The van der Waals surface area contributed by atoms with Crippen molar-refractivity contribution >= 4 is 39.1 Å². The highest BCUT2D eigenvalue weighted by Crippen LogP contribution is 2.43. The number of amides is 2. The van der Waals surface area contributed by atoms with Crippen molar-refractivity contribution in [2.75, 3.05) is 12.1 Å². The first-order valence-electron chi connectivity index (χ1n) is 12.7. The summed E-state index contributed by atoms with van der Waals surface area (Å²) < 4.78 is 51.4. The van der Waals surface area contributed by atoms with Crippen LogP contribution < -0.4 is 25.3 Å². The van der Waals surface area contributed by atoms with Gasteiger partial charge in [-0.1, -0.05) is 0 Å². The van der Waals surface area contributed by atoms with Crippen molar-refractivity contribution in [1.29, 1.82) is 0 Å². The second-order valence-electron chi connectivity index (χ2n) is 9.25. The molecule has 42 heavy (non-hydrogen) atoms. The van der Waals surface area contributed by atoms with E-state index in [4.69, 9.17) is 24.4 Å². The number of pyridine rings is 1. The predicted octanol–water partition coefficient (Wildman–Crippen LogP) is 5.68. The van der Waals surface area contributed by atoms with E-state index in [1.54, 1.807) is 42.1 Å². The summed E-state index contributed by atoms with van der Waals surface area (Å²) in [6.45, 7) is 4.34. The maximum Gasteiger partial charge on any atom is 0.291 e. The Balaban J connectivity index is 1.32. The lowest BCUT2D eigenvalue weighted by Gasteiger charge is -2.10. The van der Waals surface area contributed by atoms with Gasteiger partial charge < -0.3 is 29.7 Å². The Morgan fingerprint density at radius 1 is 1.17 bits per heavy atom. The van der Waals surface area contributed by atoms with E-state index in [0.29, 0.717) is 51.8 Å². The standard InChI is InChI=1S/C28H23F2N5O6S/c1-3-35-10-17(13(2)34-35)16-9-18(25(29)30)32-28-22(16)23(24(42-28)26(31)36)33-27(37)20-7-5-15(41-20)11-38-14-4-6-19-21(8-14)40-12-39-19/h4-10,25H,3,11-12H2,1-2H3,(H2,31,36)(H,33,37). The quantitative estimate of drug-likeness (QED) is 0.222. The van der Waals surface area contributed by atoms with Crippen LogP contribution in [0.4, 0.5) is 14.5 Å². The molecule has 216 valence electrons. The van der Waals surface area contributed by atoms with Gasteiger partial charge in [-0.05, 0) is 49.7 Å². The van der Waals surface area contributed by atoms with Crippen molar-refractivity contribution < 1.29 is 37.0 Å². The van der Waals surface area contributed by atoms with E-state index >= 15 is 0 Å². The number of rotatable bonds is 9. The monoisotopic (exact) mass is 595 g/mol. The Labute approximate surface area is 240 Å². The van der Waals surface area contributed by atoms with Crippen molar-refractivity contribution in [3.8, 4) is 28.4 Å². The minimum Gasteiger partial charge on any atom is -0.486 e. The molecule has 3 N–H and O–H groups in total. The lowest BCUT2D eigenvalue weighted by Crippen LogP contribution is -2.16. The molecule has 0 fully saturated rings. The largest absolute Gasteiger partial charge is 0.486 e. The summed E-state index contributed by atoms with van der Waals surface area (Å²) >= 11 is 0.817. The Bertz CT molecular complexity index is 1850. The van der Waals surface area contributed by atoms with E-state index in [9.17, 15) is 18.4 Å². The molecule has 2 amide bonds. The average molecular weight is 596 g/mol. The summed E-state index contributed by atoms with van der Waals surface area (Å²) in [4.78, 5) is 29.9. The normalized spacial score (nSPS) is 12.3. The van der Waals surface area contributed by atoms with Gasteiger partial charge in [0.25, 0.3) is 18.2 Å². The number of nitrogens with one attached hydrogen (secondary N) is 1. The fourth-order valence-corrected chi connectivity index (χ4v) is 5.57. The Morgan fingerprint density at radius 3 is 2.71 bits per heavy atom. The molecular formula is C28H23F2N5O6S. The number of hydrogen-bond donors (Lipinski definition) is 2. The fraction of sp³-hybridized carbons (Fsp3) is 0.214. The summed E-state index contributed by atoms with van der Waals surface area (Å²) in [7, 11) is 0. The third-order valence-electron chi connectivity index (χ3n) is 6.54. The van der Waals surface area contributed by atoms with Gasteiger partial charge in [-0.3, -0.25) is 14.3 Å². The van der Waals surface area contributed by atoms with Gasteiger partial charge in [-0.15, -0.1) is 11.3 Å². The van der Waals surface area contributed by atoms with E-state index in [1.165, 1.54) is 12.1 Å². The highest BCUT2D eigenvalue weighted by molar-refractivity contribution is 7.21. The maximum absolute atomic E-state index is 13.8. The third kappa shape index (κ3) is 5.00. The van der Waals surface area contributed by atoms with Crippen LogP contribution in [0.3, 0.4) is 0 Å².